The van der Waals surface area contributed by atoms with Crippen LogP contribution in [0.4, 0.5) is 0 Å². The van der Waals surface area contributed by atoms with E-state index in [9.17, 15) is 9.90 Å². The molecule has 1 aliphatic carbocycles. The van der Waals surface area contributed by atoms with Crippen LogP contribution in [0.1, 0.15) is 50.4 Å². The third-order valence-electron chi connectivity index (χ3n) is 4.61. The van der Waals surface area contributed by atoms with Crippen LogP contribution < -0.4 is 0 Å². The van der Waals surface area contributed by atoms with Crippen LogP contribution >= 0.6 is 0 Å². The largest absolute Gasteiger partial charge is 0.479 e. The molecule has 0 saturated heterocycles. The molecule has 0 atom stereocenters. The molecule has 0 spiro atoms. The Bertz CT molecular complexity index is 420. The molecule has 1 N–H and O–H groups in total. The van der Waals surface area contributed by atoms with Gasteiger partial charge in [0.05, 0.1) is 0 Å². The van der Waals surface area contributed by atoms with Crippen molar-refractivity contribution in [3.8, 4) is 0 Å². The van der Waals surface area contributed by atoms with Gasteiger partial charge in [-0.1, -0.05) is 13.3 Å². The molecule has 1 aromatic rings. The number of rotatable bonds is 3. The Morgan fingerprint density at radius 1 is 1.33 bits per heavy atom. The SMILES string of the molecule is CCC1CCC(C(=O)O)(n2c(C)ccc2C)CC1. The fourth-order valence-electron chi connectivity index (χ4n) is 3.44. The number of carboxylic acid groups (broad SMARTS) is 1. The monoisotopic (exact) mass is 249 g/mol. The van der Waals surface area contributed by atoms with E-state index in [1.807, 2.05) is 30.5 Å². The summed E-state index contributed by atoms with van der Waals surface area (Å²) in [6, 6.07) is 4.04. The molecule has 1 aliphatic rings. The summed E-state index contributed by atoms with van der Waals surface area (Å²) >= 11 is 0. The Morgan fingerprint density at radius 3 is 2.22 bits per heavy atom. The molecule has 0 aliphatic heterocycles. The van der Waals surface area contributed by atoms with E-state index in [4.69, 9.17) is 0 Å². The molecule has 0 bridgehead atoms. The number of aliphatic carboxylic acids is 1. The first-order chi connectivity index (χ1) is 8.51. The molecule has 0 unspecified atom stereocenters. The molecule has 2 rings (SSSR count). The molecular formula is C15H23NO2. The summed E-state index contributed by atoms with van der Waals surface area (Å²) in [5.41, 5.74) is 1.42. The molecule has 1 heterocycles. The van der Waals surface area contributed by atoms with Crippen LogP contribution in [0.2, 0.25) is 0 Å². The predicted molar refractivity (Wildman–Crippen MR) is 71.8 cm³/mol. The van der Waals surface area contributed by atoms with Gasteiger partial charge in [0.15, 0.2) is 0 Å². The second-order valence-electron chi connectivity index (χ2n) is 5.64. The van der Waals surface area contributed by atoms with Gasteiger partial charge in [0.1, 0.15) is 5.54 Å². The molecule has 0 aromatic carbocycles. The molecule has 1 aromatic heterocycles. The van der Waals surface area contributed by atoms with E-state index in [0.29, 0.717) is 5.92 Å². The molecule has 3 heteroatoms. The number of carboxylic acids is 1. The summed E-state index contributed by atoms with van der Waals surface area (Å²) in [5.74, 6) is 0.0353. The smallest absolute Gasteiger partial charge is 0.329 e. The van der Waals surface area contributed by atoms with E-state index in [1.165, 1.54) is 6.42 Å². The van der Waals surface area contributed by atoms with E-state index >= 15 is 0 Å². The van der Waals surface area contributed by atoms with Crippen molar-refractivity contribution in [3.05, 3.63) is 23.5 Å². The number of hydrogen-bond acceptors (Lipinski definition) is 1. The summed E-state index contributed by atoms with van der Waals surface area (Å²) in [5, 5.41) is 9.75. The third-order valence-corrected chi connectivity index (χ3v) is 4.61. The van der Waals surface area contributed by atoms with Gasteiger partial charge in [-0.05, 0) is 57.6 Å². The van der Waals surface area contributed by atoms with E-state index in [1.54, 1.807) is 0 Å². The van der Waals surface area contributed by atoms with Gasteiger partial charge in [-0.2, -0.15) is 0 Å². The lowest BCUT2D eigenvalue weighted by Gasteiger charge is -2.39. The second kappa shape index (κ2) is 4.79. The fraction of sp³-hybridized carbons (Fsp3) is 0.667. The van der Waals surface area contributed by atoms with Gasteiger partial charge >= 0.3 is 5.97 Å². The van der Waals surface area contributed by atoms with Crippen molar-refractivity contribution >= 4 is 5.97 Å². The van der Waals surface area contributed by atoms with Crippen molar-refractivity contribution in [2.45, 2.75) is 58.4 Å². The summed E-state index contributed by atoms with van der Waals surface area (Å²) in [6.45, 7) is 6.21. The highest BCUT2D eigenvalue weighted by Crippen LogP contribution is 2.40. The highest BCUT2D eigenvalue weighted by atomic mass is 16.4. The average Bonchev–Trinajstić information content (AvgIpc) is 2.69. The maximum Gasteiger partial charge on any atom is 0.329 e. The van der Waals surface area contributed by atoms with Crippen LogP contribution in [-0.2, 0) is 10.3 Å². The number of aromatic nitrogens is 1. The Labute approximate surface area is 109 Å². The number of hydrogen-bond donors (Lipinski definition) is 1. The third kappa shape index (κ3) is 1.96. The summed E-state index contributed by atoms with van der Waals surface area (Å²) < 4.78 is 2.04. The van der Waals surface area contributed by atoms with Crippen LogP contribution in [0.5, 0.6) is 0 Å². The fourth-order valence-corrected chi connectivity index (χ4v) is 3.44. The van der Waals surface area contributed by atoms with Crippen LogP contribution in [0.3, 0.4) is 0 Å². The minimum absolute atomic E-state index is 0.667. The highest BCUT2D eigenvalue weighted by Gasteiger charge is 2.44. The lowest BCUT2D eigenvalue weighted by Crippen LogP contribution is -2.46. The van der Waals surface area contributed by atoms with Crippen LogP contribution in [0, 0.1) is 19.8 Å². The maximum absolute atomic E-state index is 11.9. The van der Waals surface area contributed by atoms with Crippen molar-refractivity contribution in [1.29, 1.82) is 0 Å². The van der Waals surface area contributed by atoms with Crippen molar-refractivity contribution in [3.63, 3.8) is 0 Å². The molecule has 18 heavy (non-hydrogen) atoms. The molecule has 100 valence electrons. The molecule has 3 nitrogen and oxygen atoms in total. The molecular weight excluding hydrogens is 226 g/mol. The minimum Gasteiger partial charge on any atom is -0.479 e. The van der Waals surface area contributed by atoms with Gasteiger partial charge in [0, 0.05) is 11.4 Å². The first kappa shape index (κ1) is 13.2. The predicted octanol–water partition coefficient (Wildman–Crippen LogP) is 3.49. The van der Waals surface area contributed by atoms with E-state index in [-0.39, 0.29) is 0 Å². The Morgan fingerprint density at radius 2 is 1.83 bits per heavy atom. The van der Waals surface area contributed by atoms with E-state index in [0.717, 1.165) is 37.1 Å². The summed E-state index contributed by atoms with van der Waals surface area (Å²) in [6.07, 6.45) is 4.74. The Balaban J connectivity index is 2.38. The zero-order valence-electron chi connectivity index (χ0n) is 11.6. The molecule has 1 fully saturated rings. The van der Waals surface area contributed by atoms with Crippen molar-refractivity contribution in [2.24, 2.45) is 5.92 Å². The van der Waals surface area contributed by atoms with Gasteiger partial charge in [0.2, 0.25) is 0 Å². The highest BCUT2D eigenvalue weighted by molar-refractivity contribution is 5.77. The topological polar surface area (TPSA) is 42.2 Å². The van der Waals surface area contributed by atoms with Crippen LogP contribution in [0.25, 0.3) is 0 Å². The number of aryl methyl sites for hydroxylation is 2. The maximum atomic E-state index is 11.9. The summed E-state index contributed by atoms with van der Waals surface area (Å²) in [7, 11) is 0. The standard InChI is InChI=1S/C15H23NO2/c1-4-13-7-9-15(10-8-13,14(17)18)16-11(2)5-6-12(16)3/h5-6,13H,4,7-10H2,1-3H3,(H,17,18). The Kier molecular flexibility index (Phi) is 3.51. The molecule has 0 radical (unpaired) electrons. The number of nitrogens with zero attached hydrogens (tertiary/aromatic N) is 1. The zero-order valence-corrected chi connectivity index (χ0v) is 11.6. The first-order valence-electron chi connectivity index (χ1n) is 6.90. The minimum atomic E-state index is -0.705. The van der Waals surface area contributed by atoms with Crippen molar-refractivity contribution < 1.29 is 9.90 Å². The lowest BCUT2D eigenvalue weighted by molar-refractivity contribution is -0.150. The summed E-state index contributed by atoms with van der Waals surface area (Å²) in [4.78, 5) is 11.9. The Hall–Kier alpha value is -1.25. The van der Waals surface area contributed by atoms with Gasteiger partial charge in [-0.25, -0.2) is 4.79 Å². The molecule has 1 saturated carbocycles. The van der Waals surface area contributed by atoms with Gasteiger partial charge in [0.25, 0.3) is 0 Å². The first-order valence-corrected chi connectivity index (χ1v) is 6.90. The zero-order chi connectivity index (χ0) is 13.3. The quantitative estimate of drug-likeness (QED) is 0.891. The normalized spacial score (nSPS) is 28.3. The van der Waals surface area contributed by atoms with E-state index < -0.39 is 11.5 Å². The van der Waals surface area contributed by atoms with Gasteiger partial charge < -0.3 is 9.67 Å². The van der Waals surface area contributed by atoms with E-state index in [2.05, 4.69) is 6.92 Å². The molecule has 0 amide bonds. The van der Waals surface area contributed by atoms with Crippen LogP contribution in [-0.4, -0.2) is 15.6 Å². The van der Waals surface area contributed by atoms with Crippen LogP contribution in [0.15, 0.2) is 12.1 Å². The van der Waals surface area contributed by atoms with Gasteiger partial charge in [-0.15, -0.1) is 0 Å². The van der Waals surface area contributed by atoms with Crippen molar-refractivity contribution in [2.75, 3.05) is 0 Å². The average molecular weight is 249 g/mol. The van der Waals surface area contributed by atoms with Crippen molar-refractivity contribution in [1.82, 2.24) is 4.57 Å². The van der Waals surface area contributed by atoms with Gasteiger partial charge in [-0.3, -0.25) is 0 Å². The second-order valence-corrected chi connectivity index (χ2v) is 5.64. The lowest BCUT2D eigenvalue weighted by atomic mass is 9.75. The number of carbonyl (C=O) groups is 1.